The molecule has 0 aromatic heterocycles. The number of aliphatic carboxylic acids is 1. The average molecular weight is 339 g/mol. The number of hydrogen-bond donors (Lipinski definition) is 1. The Bertz CT molecular complexity index is 563. The fourth-order valence-corrected chi connectivity index (χ4v) is 4.22. The van der Waals surface area contributed by atoms with Crippen LogP contribution < -0.4 is 0 Å². The van der Waals surface area contributed by atoms with Gasteiger partial charge in [0.1, 0.15) is 5.37 Å². The third-order valence-electron chi connectivity index (χ3n) is 4.56. The number of nitrogens with zero attached hydrogens (tertiary/aromatic N) is 1. The number of ether oxygens (including phenoxy) is 1. The topological polar surface area (TPSA) is 83.9 Å². The highest BCUT2D eigenvalue weighted by Crippen LogP contribution is 2.41. The Hall–Kier alpha value is -1.34. The fourth-order valence-electron chi connectivity index (χ4n) is 3.29. The lowest BCUT2D eigenvalue weighted by molar-refractivity contribution is -0.137. The maximum Gasteiger partial charge on any atom is 0.308 e. The van der Waals surface area contributed by atoms with Crippen LogP contribution in [0, 0.1) is 5.92 Å². The van der Waals surface area contributed by atoms with E-state index in [0.717, 1.165) is 25.7 Å². The predicted molar refractivity (Wildman–Crippen MR) is 85.0 cm³/mol. The van der Waals surface area contributed by atoms with E-state index in [1.165, 1.54) is 11.8 Å². The molecule has 2 heterocycles. The maximum absolute atomic E-state index is 12.7. The summed E-state index contributed by atoms with van der Waals surface area (Å²) in [6, 6.07) is 0. The predicted octanol–water partition coefficient (Wildman–Crippen LogP) is 1.45. The zero-order valence-electron chi connectivity index (χ0n) is 13.1. The van der Waals surface area contributed by atoms with Crippen molar-refractivity contribution in [2.75, 3.05) is 19.4 Å². The summed E-state index contributed by atoms with van der Waals surface area (Å²) in [5.41, 5.74) is 0.595. The van der Waals surface area contributed by atoms with Gasteiger partial charge >= 0.3 is 5.97 Å². The number of carbonyl (C=O) groups is 3. The number of thioether (sulfide) groups is 1. The van der Waals surface area contributed by atoms with Crippen LogP contribution in [0.1, 0.15) is 32.1 Å². The van der Waals surface area contributed by atoms with Gasteiger partial charge in [-0.25, -0.2) is 0 Å². The lowest BCUT2D eigenvalue weighted by Crippen LogP contribution is -2.40. The number of carbonyl (C=O) groups excluding carboxylic acids is 2. The molecular formula is C16H21NO5S. The van der Waals surface area contributed by atoms with Crippen LogP contribution in [0.3, 0.4) is 0 Å². The van der Waals surface area contributed by atoms with Gasteiger partial charge in [0, 0.05) is 30.2 Å². The van der Waals surface area contributed by atoms with Crippen LogP contribution in [0.5, 0.6) is 0 Å². The molecule has 0 unspecified atom stereocenters. The smallest absolute Gasteiger partial charge is 0.308 e. The number of hydrogen-bond acceptors (Lipinski definition) is 5. The fraction of sp³-hybridized carbons (Fsp3) is 0.688. The Morgan fingerprint density at radius 2 is 2.09 bits per heavy atom. The minimum Gasteiger partial charge on any atom is -0.481 e. The van der Waals surface area contributed by atoms with Crippen molar-refractivity contribution in [3.8, 4) is 0 Å². The van der Waals surface area contributed by atoms with Crippen LogP contribution in [0.25, 0.3) is 0 Å². The third kappa shape index (κ3) is 3.30. The highest BCUT2D eigenvalue weighted by molar-refractivity contribution is 7.99. The summed E-state index contributed by atoms with van der Waals surface area (Å²) in [4.78, 5) is 38.1. The van der Waals surface area contributed by atoms with Crippen LogP contribution in [0.15, 0.2) is 11.1 Å². The quantitative estimate of drug-likeness (QED) is 0.756. The molecule has 126 valence electrons. The number of carboxylic acid groups (broad SMARTS) is 1. The van der Waals surface area contributed by atoms with E-state index in [1.54, 1.807) is 4.90 Å². The van der Waals surface area contributed by atoms with Gasteiger partial charge < -0.3 is 14.7 Å². The molecule has 1 saturated heterocycles. The van der Waals surface area contributed by atoms with E-state index in [9.17, 15) is 14.4 Å². The molecule has 6 nitrogen and oxygen atoms in total. The van der Waals surface area contributed by atoms with Gasteiger partial charge in [0.2, 0.25) is 0 Å². The van der Waals surface area contributed by atoms with Crippen molar-refractivity contribution in [3.05, 3.63) is 11.1 Å². The lowest BCUT2D eigenvalue weighted by Gasteiger charge is -2.27. The molecule has 1 saturated carbocycles. The highest BCUT2D eigenvalue weighted by Gasteiger charge is 2.46. The molecular weight excluding hydrogens is 318 g/mol. The van der Waals surface area contributed by atoms with Gasteiger partial charge in [0.15, 0.2) is 5.78 Å². The summed E-state index contributed by atoms with van der Waals surface area (Å²) >= 11 is 1.42. The second-order valence-corrected chi connectivity index (χ2v) is 7.20. The van der Waals surface area contributed by atoms with Crippen molar-refractivity contribution in [1.82, 2.24) is 4.90 Å². The zero-order chi connectivity index (χ0) is 16.6. The summed E-state index contributed by atoms with van der Waals surface area (Å²) in [6.45, 7) is 1.12. The van der Waals surface area contributed by atoms with E-state index in [4.69, 9.17) is 9.84 Å². The highest BCUT2D eigenvalue weighted by atomic mass is 32.2. The molecule has 2 aliphatic heterocycles. The van der Waals surface area contributed by atoms with Crippen LogP contribution in [-0.4, -0.2) is 58.6 Å². The Labute approximate surface area is 139 Å². The lowest BCUT2D eigenvalue weighted by atomic mass is 10.0. The molecule has 7 heteroatoms. The Balaban J connectivity index is 1.88. The van der Waals surface area contributed by atoms with Gasteiger partial charge in [0.25, 0.3) is 5.91 Å². The number of amides is 1. The van der Waals surface area contributed by atoms with Crippen molar-refractivity contribution in [3.63, 3.8) is 0 Å². The van der Waals surface area contributed by atoms with E-state index < -0.39 is 5.97 Å². The number of rotatable bonds is 7. The first-order valence-electron chi connectivity index (χ1n) is 7.97. The molecule has 1 amide bonds. The molecule has 0 aromatic carbocycles. The summed E-state index contributed by atoms with van der Waals surface area (Å²) < 4.78 is 5.60. The van der Waals surface area contributed by atoms with Crippen molar-refractivity contribution >= 4 is 29.4 Å². The molecule has 0 spiro atoms. The van der Waals surface area contributed by atoms with Crippen molar-refractivity contribution in [1.29, 1.82) is 0 Å². The molecule has 23 heavy (non-hydrogen) atoms. The summed E-state index contributed by atoms with van der Waals surface area (Å²) in [5, 5.41) is 8.75. The first-order chi connectivity index (χ1) is 11.0. The van der Waals surface area contributed by atoms with Gasteiger partial charge in [0.05, 0.1) is 12.5 Å². The number of Topliss-reactive ketones (excluding diaryl/α,β-unsaturated/α-hetero) is 1. The van der Waals surface area contributed by atoms with Crippen LogP contribution in [0.4, 0.5) is 0 Å². The molecule has 2 atom stereocenters. The van der Waals surface area contributed by atoms with Crippen molar-refractivity contribution < 1.29 is 24.2 Å². The largest absolute Gasteiger partial charge is 0.481 e. The normalized spacial score (nSPS) is 27.9. The number of carboxylic acids is 1. The van der Waals surface area contributed by atoms with Gasteiger partial charge in [-0.15, -0.1) is 11.8 Å². The van der Waals surface area contributed by atoms with Gasteiger partial charge in [-0.05, 0) is 31.9 Å². The van der Waals surface area contributed by atoms with Gasteiger partial charge in [-0.3, -0.25) is 14.4 Å². The molecule has 2 fully saturated rings. The van der Waals surface area contributed by atoms with E-state index in [1.807, 2.05) is 6.26 Å². The van der Waals surface area contributed by atoms with Crippen LogP contribution in [-0.2, 0) is 19.1 Å². The minimum atomic E-state index is -1.08. The Morgan fingerprint density at radius 1 is 1.35 bits per heavy atom. The van der Waals surface area contributed by atoms with Crippen molar-refractivity contribution in [2.24, 2.45) is 5.92 Å². The molecule has 3 aliphatic rings. The molecule has 1 N–H and O–H groups in total. The summed E-state index contributed by atoms with van der Waals surface area (Å²) in [7, 11) is 0. The Kier molecular flexibility index (Phi) is 4.77. The third-order valence-corrected chi connectivity index (χ3v) is 5.50. The molecule has 0 aromatic rings. The maximum atomic E-state index is 12.7. The van der Waals surface area contributed by atoms with Gasteiger partial charge in [-0.1, -0.05) is 0 Å². The van der Waals surface area contributed by atoms with E-state index >= 15 is 0 Å². The molecule has 1 aliphatic carbocycles. The van der Waals surface area contributed by atoms with Crippen LogP contribution >= 0.6 is 11.8 Å². The summed E-state index contributed by atoms with van der Waals surface area (Å²) in [5.74, 6) is -1.46. The second-order valence-electron chi connectivity index (χ2n) is 6.28. The monoisotopic (exact) mass is 339 g/mol. The first kappa shape index (κ1) is 16.5. The standard InChI is InChI=1S/C16H21NO5S/c1-23-16-13(14(20)9-4-5-9)11(7-12(18)19)15(21)17(16)8-10-3-2-6-22-10/h9-10,16H,2-8H2,1H3,(H,18,19)/t10-,16+/m1/s1. The first-order valence-corrected chi connectivity index (χ1v) is 9.26. The average Bonchev–Trinajstić information content (AvgIpc) is 3.18. The molecule has 3 rings (SSSR count). The van der Waals surface area contributed by atoms with Crippen molar-refractivity contribution in [2.45, 2.75) is 43.6 Å². The zero-order valence-corrected chi connectivity index (χ0v) is 13.9. The second kappa shape index (κ2) is 6.65. The summed E-state index contributed by atoms with van der Waals surface area (Å²) in [6.07, 6.45) is 4.99. The molecule has 0 bridgehead atoms. The van der Waals surface area contributed by atoms with E-state index in [-0.39, 0.29) is 41.1 Å². The Morgan fingerprint density at radius 3 is 2.61 bits per heavy atom. The van der Waals surface area contributed by atoms with E-state index in [2.05, 4.69) is 0 Å². The SMILES string of the molecule is CS[C@H]1C(C(=O)C2CC2)=C(CC(=O)O)C(=O)N1C[C@H]1CCCO1. The van der Waals surface area contributed by atoms with Crippen LogP contribution in [0.2, 0.25) is 0 Å². The minimum absolute atomic E-state index is 0.0185. The van der Waals surface area contributed by atoms with Gasteiger partial charge in [-0.2, -0.15) is 0 Å². The van der Waals surface area contributed by atoms with E-state index in [0.29, 0.717) is 18.7 Å². The number of ketones is 1. The molecule has 0 radical (unpaired) electrons.